The number of allylic oxidation sites excluding steroid dienone is 2. The zero-order chi connectivity index (χ0) is 6.62. The summed E-state index contributed by atoms with van der Waals surface area (Å²) in [7, 11) is -0.765. The summed E-state index contributed by atoms with van der Waals surface area (Å²) < 4.78 is 0. The minimum absolute atomic E-state index is 0.765. The van der Waals surface area contributed by atoms with E-state index in [-0.39, 0.29) is 0 Å². The molecule has 0 radical (unpaired) electrons. The van der Waals surface area contributed by atoms with Gasteiger partial charge in [-0.15, -0.1) is 0 Å². The molecule has 0 aromatic heterocycles. The van der Waals surface area contributed by atoms with Crippen LogP contribution >= 0.6 is 0 Å². The molecule has 0 N–H and O–H groups in total. The third kappa shape index (κ3) is 5.96. The van der Waals surface area contributed by atoms with Gasteiger partial charge >= 0.3 is 0 Å². The van der Waals surface area contributed by atoms with E-state index in [0.717, 1.165) is 0 Å². The Morgan fingerprint density at radius 3 is 1.88 bits per heavy atom. The van der Waals surface area contributed by atoms with E-state index in [1.165, 1.54) is 6.04 Å². The average molecular weight is 128 g/mol. The fourth-order valence-corrected chi connectivity index (χ4v) is 1.41. The van der Waals surface area contributed by atoms with Crippen LogP contribution in [0.5, 0.6) is 0 Å². The van der Waals surface area contributed by atoms with Crippen molar-refractivity contribution in [3.05, 3.63) is 12.2 Å². The molecule has 0 aromatic carbocycles. The number of hydrogen-bond donors (Lipinski definition) is 0. The van der Waals surface area contributed by atoms with E-state index in [2.05, 4.69) is 38.7 Å². The van der Waals surface area contributed by atoms with Crippen LogP contribution < -0.4 is 0 Å². The Morgan fingerprint density at radius 2 is 1.75 bits per heavy atom. The molecule has 0 spiro atoms. The molecule has 0 heterocycles. The van der Waals surface area contributed by atoms with Crippen molar-refractivity contribution >= 4 is 8.07 Å². The minimum Gasteiger partial charge on any atom is -0.0919 e. The van der Waals surface area contributed by atoms with Crippen molar-refractivity contribution in [3.8, 4) is 0 Å². The lowest BCUT2D eigenvalue weighted by molar-refractivity contribution is 1.49. The molecule has 0 aliphatic heterocycles. The van der Waals surface area contributed by atoms with E-state index in [9.17, 15) is 0 Å². The Bertz CT molecular complexity index is 76.9. The lowest BCUT2D eigenvalue weighted by Gasteiger charge is -2.10. The SMILES string of the molecule is C/C=C/C[Si](C)(C)C. The zero-order valence-electron chi connectivity index (χ0n) is 6.36. The van der Waals surface area contributed by atoms with Gasteiger partial charge in [-0.2, -0.15) is 0 Å². The second kappa shape index (κ2) is 3.08. The molecule has 0 aliphatic carbocycles. The summed E-state index contributed by atoms with van der Waals surface area (Å²) in [5.74, 6) is 0. The number of rotatable bonds is 2. The van der Waals surface area contributed by atoms with Crippen LogP contribution in [0.3, 0.4) is 0 Å². The molecule has 0 aromatic rings. The van der Waals surface area contributed by atoms with Gasteiger partial charge in [0.1, 0.15) is 0 Å². The smallest absolute Gasteiger partial charge is 0.0480 e. The summed E-state index contributed by atoms with van der Waals surface area (Å²) in [5, 5.41) is 0. The van der Waals surface area contributed by atoms with Crippen LogP contribution in [0.25, 0.3) is 0 Å². The van der Waals surface area contributed by atoms with Crippen LogP contribution in [-0.2, 0) is 0 Å². The van der Waals surface area contributed by atoms with Gasteiger partial charge < -0.3 is 0 Å². The van der Waals surface area contributed by atoms with E-state index in [1.807, 2.05) is 0 Å². The van der Waals surface area contributed by atoms with Crippen molar-refractivity contribution in [2.45, 2.75) is 32.6 Å². The second-order valence-corrected chi connectivity index (χ2v) is 8.86. The van der Waals surface area contributed by atoms with Gasteiger partial charge in [0, 0.05) is 8.07 Å². The van der Waals surface area contributed by atoms with Gasteiger partial charge in [-0.1, -0.05) is 31.8 Å². The topological polar surface area (TPSA) is 0 Å². The van der Waals surface area contributed by atoms with Crippen LogP contribution in [0.2, 0.25) is 25.7 Å². The van der Waals surface area contributed by atoms with Crippen molar-refractivity contribution in [3.63, 3.8) is 0 Å². The van der Waals surface area contributed by atoms with Crippen LogP contribution in [0.15, 0.2) is 12.2 Å². The van der Waals surface area contributed by atoms with Crippen LogP contribution in [-0.4, -0.2) is 8.07 Å². The Morgan fingerprint density at radius 1 is 1.25 bits per heavy atom. The van der Waals surface area contributed by atoms with E-state index in [0.29, 0.717) is 0 Å². The molecule has 1 heteroatoms. The first kappa shape index (κ1) is 7.96. The van der Waals surface area contributed by atoms with Crippen LogP contribution in [0.4, 0.5) is 0 Å². The van der Waals surface area contributed by atoms with Gasteiger partial charge in [-0.3, -0.25) is 0 Å². The standard InChI is InChI=1S/C7H16Si/c1-5-6-7-8(2,3)4/h5-6H,7H2,1-4H3/b6-5+. The van der Waals surface area contributed by atoms with Crippen molar-refractivity contribution in [2.24, 2.45) is 0 Å². The molecule has 0 saturated heterocycles. The second-order valence-electron chi connectivity index (χ2n) is 3.33. The lowest BCUT2D eigenvalue weighted by Crippen LogP contribution is -2.17. The summed E-state index contributed by atoms with van der Waals surface area (Å²) in [6.07, 6.45) is 4.41. The Labute approximate surface area is 53.6 Å². The molecule has 8 heavy (non-hydrogen) atoms. The molecule has 48 valence electrons. The summed E-state index contributed by atoms with van der Waals surface area (Å²) in [4.78, 5) is 0. The first-order valence-electron chi connectivity index (χ1n) is 3.17. The monoisotopic (exact) mass is 128 g/mol. The normalized spacial score (nSPS) is 13.0. The molecule has 0 atom stereocenters. The van der Waals surface area contributed by atoms with Crippen LogP contribution in [0.1, 0.15) is 6.92 Å². The Balaban J connectivity index is 3.39. The highest BCUT2D eigenvalue weighted by molar-refractivity contribution is 6.76. The van der Waals surface area contributed by atoms with Gasteiger partial charge in [0.25, 0.3) is 0 Å². The van der Waals surface area contributed by atoms with Gasteiger partial charge in [-0.05, 0) is 13.0 Å². The van der Waals surface area contributed by atoms with Gasteiger partial charge in [0.05, 0.1) is 0 Å². The highest BCUT2D eigenvalue weighted by Gasteiger charge is 2.08. The van der Waals surface area contributed by atoms with Crippen molar-refractivity contribution in [1.29, 1.82) is 0 Å². The van der Waals surface area contributed by atoms with Gasteiger partial charge in [0.2, 0.25) is 0 Å². The predicted molar refractivity (Wildman–Crippen MR) is 43.0 cm³/mol. The summed E-state index contributed by atoms with van der Waals surface area (Å²) in [6.45, 7) is 9.23. The van der Waals surface area contributed by atoms with Gasteiger partial charge in [-0.25, -0.2) is 0 Å². The largest absolute Gasteiger partial charge is 0.0919 e. The fraction of sp³-hybridized carbons (Fsp3) is 0.714. The first-order valence-corrected chi connectivity index (χ1v) is 6.88. The van der Waals surface area contributed by atoms with E-state index in [4.69, 9.17) is 0 Å². The maximum atomic E-state index is 2.38. The third-order valence-corrected chi connectivity index (χ3v) is 2.43. The Hall–Kier alpha value is -0.0431. The molecule has 0 saturated carbocycles. The quantitative estimate of drug-likeness (QED) is 0.396. The first-order chi connectivity index (χ1) is 3.56. The van der Waals surface area contributed by atoms with E-state index >= 15 is 0 Å². The zero-order valence-corrected chi connectivity index (χ0v) is 7.36. The van der Waals surface area contributed by atoms with E-state index < -0.39 is 8.07 Å². The van der Waals surface area contributed by atoms with Crippen molar-refractivity contribution in [2.75, 3.05) is 0 Å². The highest BCUT2D eigenvalue weighted by atomic mass is 28.3. The average Bonchev–Trinajstić information content (AvgIpc) is 1.59. The Kier molecular flexibility index (Phi) is 3.06. The third-order valence-electron chi connectivity index (χ3n) is 0.966. The molecule has 0 bridgehead atoms. The van der Waals surface area contributed by atoms with Gasteiger partial charge in [0.15, 0.2) is 0 Å². The molecule has 0 unspecified atom stereocenters. The fourth-order valence-electron chi connectivity index (χ4n) is 0.471. The molecular formula is C7H16Si. The summed E-state index contributed by atoms with van der Waals surface area (Å²) in [5.41, 5.74) is 0. The highest BCUT2D eigenvalue weighted by Crippen LogP contribution is 2.07. The summed E-state index contributed by atoms with van der Waals surface area (Å²) >= 11 is 0. The lowest BCUT2D eigenvalue weighted by atomic mass is 10.6. The maximum Gasteiger partial charge on any atom is 0.0480 e. The molecule has 0 nitrogen and oxygen atoms in total. The van der Waals surface area contributed by atoms with Crippen LogP contribution in [0, 0.1) is 0 Å². The van der Waals surface area contributed by atoms with Crippen molar-refractivity contribution < 1.29 is 0 Å². The molecule has 0 amide bonds. The molecular weight excluding hydrogens is 112 g/mol. The number of hydrogen-bond acceptors (Lipinski definition) is 0. The van der Waals surface area contributed by atoms with E-state index in [1.54, 1.807) is 0 Å². The molecule has 0 rings (SSSR count). The molecule has 0 aliphatic rings. The van der Waals surface area contributed by atoms with Crippen molar-refractivity contribution in [1.82, 2.24) is 0 Å². The molecule has 0 fully saturated rings. The predicted octanol–water partition coefficient (Wildman–Crippen LogP) is 2.90. The maximum absolute atomic E-state index is 2.38. The summed E-state index contributed by atoms with van der Waals surface area (Å²) in [6, 6.07) is 1.32. The minimum atomic E-state index is -0.765.